The highest BCUT2D eigenvalue weighted by Gasteiger charge is 2.27. The van der Waals surface area contributed by atoms with Crippen LogP contribution in [0.1, 0.15) is 38.8 Å². The van der Waals surface area contributed by atoms with E-state index >= 15 is 0 Å². The van der Waals surface area contributed by atoms with Gasteiger partial charge in [0.05, 0.1) is 17.8 Å². The number of imidazole rings is 1. The van der Waals surface area contributed by atoms with Gasteiger partial charge >= 0.3 is 0 Å². The van der Waals surface area contributed by atoms with Crippen LogP contribution in [-0.2, 0) is 23.1 Å². The average molecular weight is 314 g/mol. The topological polar surface area (TPSA) is 67.2 Å². The molecule has 0 radical (unpaired) electrons. The van der Waals surface area contributed by atoms with Gasteiger partial charge in [0.1, 0.15) is 0 Å². The Labute approximate surface area is 127 Å². The van der Waals surface area contributed by atoms with Gasteiger partial charge in [0.15, 0.2) is 0 Å². The Balaban J connectivity index is 1.79. The van der Waals surface area contributed by atoms with Crippen molar-refractivity contribution in [2.75, 3.05) is 18.8 Å². The molecule has 1 saturated heterocycles. The SMILES string of the molecule is CCCS(=O)(=O)N1CCC(NCc2cncn2CC)CC1. The van der Waals surface area contributed by atoms with E-state index < -0.39 is 10.0 Å². The zero-order chi connectivity index (χ0) is 15.3. The molecule has 7 heteroatoms. The first-order valence-corrected chi connectivity index (χ1v) is 9.38. The average Bonchev–Trinajstić information content (AvgIpc) is 2.93. The number of piperidine rings is 1. The molecule has 0 amide bonds. The quantitative estimate of drug-likeness (QED) is 0.821. The summed E-state index contributed by atoms with van der Waals surface area (Å²) in [6, 6.07) is 0.387. The van der Waals surface area contributed by atoms with E-state index in [0.29, 0.717) is 25.6 Å². The van der Waals surface area contributed by atoms with E-state index in [1.807, 2.05) is 19.4 Å². The molecule has 21 heavy (non-hydrogen) atoms. The molecule has 0 aliphatic carbocycles. The van der Waals surface area contributed by atoms with Crippen LogP contribution in [0.25, 0.3) is 0 Å². The van der Waals surface area contributed by atoms with Crippen LogP contribution >= 0.6 is 0 Å². The van der Waals surface area contributed by atoms with Gasteiger partial charge in [-0.2, -0.15) is 0 Å². The lowest BCUT2D eigenvalue weighted by atomic mass is 10.1. The number of nitrogens with zero attached hydrogens (tertiary/aromatic N) is 3. The largest absolute Gasteiger partial charge is 0.334 e. The van der Waals surface area contributed by atoms with Crippen LogP contribution in [0.5, 0.6) is 0 Å². The van der Waals surface area contributed by atoms with Crippen molar-refractivity contribution in [3.8, 4) is 0 Å². The summed E-state index contributed by atoms with van der Waals surface area (Å²) in [5.74, 6) is 0.265. The second kappa shape index (κ2) is 7.38. The van der Waals surface area contributed by atoms with Crippen LogP contribution in [0, 0.1) is 0 Å². The number of aryl methyl sites for hydroxylation is 1. The molecule has 0 unspecified atom stereocenters. The van der Waals surface area contributed by atoms with Crippen molar-refractivity contribution in [1.82, 2.24) is 19.2 Å². The second-order valence-electron chi connectivity index (χ2n) is 5.54. The van der Waals surface area contributed by atoms with Crippen LogP contribution in [0.15, 0.2) is 12.5 Å². The molecule has 1 N–H and O–H groups in total. The number of hydrogen-bond donors (Lipinski definition) is 1. The number of sulfonamides is 1. The molecular weight excluding hydrogens is 288 g/mol. The van der Waals surface area contributed by atoms with E-state index in [1.165, 1.54) is 5.69 Å². The van der Waals surface area contributed by atoms with E-state index in [9.17, 15) is 8.42 Å². The molecule has 1 aliphatic heterocycles. The molecule has 1 aromatic rings. The Morgan fingerprint density at radius 3 is 2.67 bits per heavy atom. The summed E-state index contributed by atoms with van der Waals surface area (Å²) >= 11 is 0. The van der Waals surface area contributed by atoms with E-state index in [4.69, 9.17) is 0 Å². The van der Waals surface area contributed by atoms with Crippen LogP contribution in [0.3, 0.4) is 0 Å². The van der Waals surface area contributed by atoms with Gasteiger partial charge in [-0.3, -0.25) is 0 Å². The Bertz CT molecular complexity index is 533. The molecule has 2 rings (SSSR count). The maximum Gasteiger partial charge on any atom is 0.214 e. The number of aromatic nitrogens is 2. The fourth-order valence-corrected chi connectivity index (χ4v) is 4.30. The van der Waals surface area contributed by atoms with Crippen molar-refractivity contribution in [2.24, 2.45) is 0 Å². The number of nitrogens with one attached hydrogen (secondary N) is 1. The van der Waals surface area contributed by atoms with Gasteiger partial charge in [-0.15, -0.1) is 0 Å². The molecule has 1 fully saturated rings. The third-order valence-electron chi connectivity index (χ3n) is 4.02. The van der Waals surface area contributed by atoms with E-state index in [2.05, 4.69) is 21.8 Å². The lowest BCUT2D eigenvalue weighted by Gasteiger charge is -2.31. The molecule has 120 valence electrons. The first kappa shape index (κ1) is 16.5. The summed E-state index contributed by atoms with van der Waals surface area (Å²) in [7, 11) is -3.03. The molecule has 0 bridgehead atoms. The van der Waals surface area contributed by atoms with Gasteiger partial charge in [0, 0.05) is 38.4 Å². The summed E-state index contributed by atoms with van der Waals surface area (Å²) in [6.45, 7) is 6.98. The minimum atomic E-state index is -3.03. The highest BCUT2D eigenvalue weighted by molar-refractivity contribution is 7.89. The van der Waals surface area contributed by atoms with Crippen LogP contribution in [0.4, 0.5) is 0 Å². The maximum atomic E-state index is 12.0. The third kappa shape index (κ3) is 4.28. The molecule has 2 heterocycles. The van der Waals surface area contributed by atoms with E-state index in [1.54, 1.807) is 4.31 Å². The van der Waals surface area contributed by atoms with Crippen LogP contribution in [-0.4, -0.2) is 47.2 Å². The van der Waals surface area contributed by atoms with Crippen molar-refractivity contribution < 1.29 is 8.42 Å². The maximum absolute atomic E-state index is 12.0. The highest BCUT2D eigenvalue weighted by atomic mass is 32.2. The van der Waals surface area contributed by atoms with Crippen molar-refractivity contribution >= 4 is 10.0 Å². The van der Waals surface area contributed by atoms with Crippen molar-refractivity contribution in [3.63, 3.8) is 0 Å². The predicted octanol–water partition coefficient (Wildman–Crippen LogP) is 1.20. The minimum Gasteiger partial charge on any atom is -0.334 e. The van der Waals surface area contributed by atoms with Crippen molar-refractivity contribution in [3.05, 3.63) is 18.2 Å². The third-order valence-corrected chi connectivity index (χ3v) is 6.10. The smallest absolute Gasteiger partial charge is 0.214 e. The van der Waals surface area contributed by atoms with E-state index in [-0.39, 0.29) is 5.75 Å². The molecule has 1 aromatic heterocycles. The Hall–Kier alpha value is -0.920. The van der Waals surface area contributed by atoms with Gasteiger partial charge in [0.25, 0.3) is 0 Å². The Kier molecular flexibility index (Phi) is 5.78. The molecule has 0 spiro atoms. The zero-order valence-electron chi connectivity index (χ0n) is 13.0. The number of rotatable bonds is 7. The molecule has 0 saturated carbocycles. The van der Waals surface area contributed by atoms with Gasteiger partial charge < -0.3 is 9.88 Å². The highest BCUT2D eigenvalue weighted by Crippen LogP contribution is 2.15. The van der Waals surface area contributed by atoms with Crippen LogP contribution < -0.4 is 5.32 Å². The number of hydrogen-bond acceptors (Lipinski definition) is 4. The monoisotopic (exact) mass is 314 g/mol. The van der Waals surface area contributed by atoms with Crippen LogP contribution in [0.2, 0.25) is 0 Å². The first-order valence-electron chi connectivity index (χ1n) is 7.77. The molecule has 0 atom stereocenters. The van der Waals surface area contributed by atoms with Crippen molar-refractivity contribution in [1.29, 1.82) is 0 Å². The standard InChI is InChI=1S/C14H26N4O2S/c1-3-9-21(19,20)18-7-5-13(6-8-18)16-11-14-10-15-12-17(14)4-2/h10,12-13,16H,3-9,11H2,1-2H3. The molecule has 0 aromatic carbocycles. The summed E-state index contributed by atoms with van der Waals surface area (Å²) in [4.78, 5) is 4.16. The summed E-state index contributed by atoms with van der Waals surface area (Å²) in [5, 5.41) is 3.52. The lowest BCUT2D eigenvalue weighted by molar-refractivity contribution is 0.287. The van der Waals surface area contributed by atoms with Gasteiger partial charge in [0.2, 0.25) is 10.0 Å². The second-order valence-corrected chi connectivity index (χ2v) is 7.63. The van der Waals surface area contributed by atoms with Gasteiger partial charge in [-0.05, 0) is 26.2 Å². The summed E-state index contributed by atoms with van der Waals surface area (Å²) in [5.41, 5.74) is 1.18. The van der Waals surface area contributed by atoms with Crippen molar-refractivity contribution in [2.45, 2.75) is 52.2 Å². The first-order chi connectivity index (χ1) is 10.1. The Morgan fingerprint density at radius 2 is 2.05 bits per heavy atom. The normalized spacial score (nSPS) is 18.2. The zero-order valence-corrected chi connectivity index (χ0v) is 13.8. The minimum absolute atomic E-state index is 0.265. The van der Waals surface area contributed by atoms with E-state index in [0.717, 1.165) is 25.9 Å². The molecule has 6 nitrogen and oxygen atoms in total. The molecule has 1 aliphatic rings. The summed E-state index contributed by atoms with van der Waals surface area (Å²) < 4.78 is 27.8. The fraction of sp³-hybridized carbons (Fsp3) is 0.786. The fourth-order valence-electron chi connectivity index (χ4n) is 2.75. The molecular formula is C14H26N4O2S. The van der Waals surface area contributed by atoms with Gasteiger partial charge in [-0.1, -0.05) is 6.92 Å². The summed E-state index contributed by atoms with van der Waals surface area (Å²) in [6.07, 6.45) is 6.17. The Morgan fingerprint density at radius 1 is 1.33 bits per heavy atom. The lowest BCUT2D eigenvalue weighted by Crippen LogP contribution is -2.45. The predicted molar refractivity (Wildman–Crippen MR) is 83.4 cm³/mol. The van der Waals surface area contributed by atoms with Gasteiger partial charge in [-0.25, -0.2) is 17.7 Å².